The molecule has 0 saturated carbocycles. The summed E-state index contributed by atoms with van der Waals surface area (Å²) < 4.78 is 12.9. The first-order chi connectivity index (χ1) is 7.86. The molecule has 0 fully saturated rings. The van der Waals surface area contributed by atoms with Crippen LogP contribution >= 0.6 is 11.6 Å². The van der Waals surface area contributed by atoms with Gasteiger partial charge in [-0.2, -0.15) is 0 Å². The van der Waals surface area contributed by atoms with Gasteiger partial charge in [0.15, 0.2) is 0 Å². The summed E-state index contributed by atoms with van der Waals surface area (Å²) in [6.45, 7) is 3.53. The number of halogens is 2. The zero-order chi connectivity index (χ0) is 13.1. The maximum Gasteiger partial charge on any atom is 0.245 e. The van der Waals surface area contributed by atoms with Crippen LogP contribution in [0.2, 0.25) is 5.02 Å². The second-order valence-corrected chi connectivity index (χ2v) is 4.85. The topological polar surface area (TPSA) is 49.3 Å². The predicted molar refractivity (Wildman–Crippen MR) is 64.5 cm³/mol. The second-order valence-electron chi connectivity index (χ2n) is 4.44. The molecule has 0 saturated heterocycles. The fourth-order valence-electron chi connectivity index (χ4n) is 1.51. The summed E-state index contributed by atoms with van der Waals surface area (Å²) in [5.41, 5.74) is 0.314. The zero-order valence-electron chi connectivity index (χ0n) is 9.76. The van der Waals surface area contributed by atoms with E-state index in [1.165, 1.54) is 12.1 Å². The van der Waals surface area contributed by atoms with Crippen LogP contribution < -0.4 is 5.32 Å². The maximum absolute atomic E-state index is 12.9. The van der Waals surface area contributed by atoms with Crippen LogP contribution in [0.25, 0.3) is 0 Å². The molecule has 1 amide bonds. The van der Waals surface area contributed by atoms with E-state index in [0.29, 0.717) is 11.6 Å². The summed E-state index contributed by atoms with van der Waals surface area (Å²) in [5, 5.41) is 11.5. The first kappa shape index (κ1) is 13.9. The Hall–Kier alpha value is -1.13. The third kappa shape index (κ3) is 3.68. The smallest absolute Gasteiger partial charge is 0.245 e. The van der Waals surface area contributed by atoms with Crippen molar-refractivity contribution in [3.63, 3.8) is 0 Å². The lowest BCUT2D eigenvalue weighted by molar-refractivity contribution is -0.124. The molecule has 0 unspecified atom stereocenters. The molecule has 1 aromatic rings. The lowest BCUT2D eigenvalue weighted by Crippen LogP contribution is -2.38. The number of nitrogens with one attached hydrogen (secondary N) is 1. The molecule has 2 N–H and O–H groups in total. The number of benzene rings is 1. The molecule has 1 aromatic carbocycles. The number of carbonyl (C=O) groups excluding carboxylic acids is 1. The molecule has 1 rings (SSSR count). The summed E-state index contributed by atoms with van der Waals surface area (Å²) in [6, 6.07) is 4.17. The van der Waals surface area contributed by atoms with E-state index < -0.39 is 23.7 Å². The molecule has 3 nitrogen and oxygen atoms in total. The maximum atomic E-state index is 12.9. The molecule has 17 heavy (non-hydrogen) atoms. The summed E-state index contributed by atoms with van der Waals surface area (Å²) in [7, 11) is 0. The van der Waals surface area contributed by atoms with Crippen LogP contribution in [0.5, 0.6) is 0 Å². The molecule has 0 atom stereocenters. The number of amides is 1. The Morgan fingerprint density at radius 1 is 1.53 bits per heavy atom. The van der Waals surface area contributed by atoms with Crippen molar-refractivity contribution in [1.82, 2.24) is 5.32 Å². The highest BCUT2D eigenvalue weighted by atomic mass is 35.5. The molecular formula is C12H15ClFNO2. The quantitative estimate of drug-likeness (QED) is 0.867. The van der Waals surface area contributed by atoms with Crippen LogP contribution in [0.3, 0.4) is 0 Å². The summed E-state index contributed by atoms with van der Waals surface area (Å²) in [4.78, 5) is 11.0. The number of hydrogen-bond acceptors (Lipinski definition) is 2. The van der Waals surface area contributed by atoms with Gasteiger partial charge in [-0.1, -0.05) is 31.5 Å². The third-order valence-electron chi connectivity index (χ3n) is 2.53. The van der Waals surface area contributed by atoms with Gasteiger partial charge in [0.05, 0.1) is 0 Å². The fraction of sp³-hybridized carbons (Fsp3) is 0.417. The molecule has 0 heterocycles. The number of aliphatic hydroxyl groups excluding tert-OH is 1. The molecule has 0 radical (unpaired) electrons. The molecule has 0 aromatic heterocycles. The van der Waals surface area contributed by atoms with Crippen LogP contribution in [0.15, 0.2) is 18.2 Å². The summed E-state index contributed by atoms with van der Waals surface area (Å²) in [5.74, 6) is -0.842. The van der Waals surface area contributed by atoms with E-state index in [-0.39, 0.29) is 0 Å². The second kappa shape index (κ2) is 5.47. The van der Waals surface area contributed by atoms with Gasteiger partial charge in [0.2, 0.25) is 5.91 Å². The van der Waals surface area contributed by atoms with Crippen molar-refractivity contribution in [2.75, 3.05) is 13.2 Å². The van der Waals surface area contributed by atoms with Crippen LogP contribution in [0.4, 0.5) is 4.39 Å². The van der Waals surface area contributed by atoms with E-state index in [4.69, 9.17) is 16.7 Å². The van der Waals surface area contributed by atoms with Crippen molar-refractivity contribution in [3.05, 3.63) is 34.6 Å². The van der Waals surface area contributed by atoms with Crippen LogP contribution in [-0.2, 0) is 10.2 Å². The Morgan fingerprint density at radius 3 is 2.71 bits per heavy atom. The minimum atomic E-state index is -0.548. The van der Waals surface area contributed by atoms with Crippen LogP contribution in [-0.4, -0.2) is 24.2 Å². The molecule has 0 bridgehead atoms. The minimum Gasteiger partial charge on any atom is -0.387 e. The molecule has 0 aliphatic heterocycles. The van der Waals surface area contributed by atoms with Gasteiger partial charge < -0.3 is 10.4 Å². The van der Waals surface area contributed by atoms with E-state index in [2.05, 4.69) is 5.32 Å². The molecule has 0 aliphatic rings. The lowest BCUT2D eigenvalue weighted by Gasteiger charge is -2.26. The summed E-state index contributed by atoms with van der Waals surface area (Å²) >= 11 is 5.96. The van der Waals surface area contributed by atoms with E-state index in [1.807, 2.05) is 13.8 Å². The van der Waals surface area contributed by atoms with E-state index in [0.717, 1.165) is 5.56 Å². The fourth-order valence-corrected chi connectivity index (χ4v) is 1.93. The Balaban J connectivity index is 2.85. The minimum absolute atomic E-state index is 0.317. The van der Waals surface area contributed by atoms with Gasteiger partial charge in [0.25, 0.3) is 0 Å². The zero-order valence-corrected chi connectivity index (χ0v) is 10.5. The number of aliphatic hydroxyl groups is 1. The van der Waals surface area contributed by atoms with Crippen molar-refractivity contribution >= 4 is 17.5 Å². The number of carbonyl (C=O) groups is 1. The largest absolute Gasteiger partial charge is 0.387 e. The molecule has 94 valence electrons. The van der Waals surface area contributed by atoms with Crippen LogP contribution in [0, 0.1) is 5.82 Å². The van der Waals surface area contributed by atoms with Gasteiger partial charge in [0.1, 0.15) is 12.4 Å². The van der Waals surface area contributed by atoms with Gasteiger partial charge >= 0.3 is 0 Å². The van der Waals surface area contributed by atoms with Gasteiger partial charge in [0, 0.05) is 17.0 Å². The SMILES string of the molecule is CC(C)(CNC(=O)CO)c1ccc(F)cc1Cl. The Morgan fingerprint density at radius 2 is 2.18 bits per heavy atom. The first-order valence-corrected chi connectivity index (χ1v) is 5.57. The molecular weight excluding hydrogens is 245 g/mol. The monoisotopic (exact) mass is 259 g/mol. The van der Waals surface area contributed by atoms with Gasteiger partial charge in [-0.25, -0.2) is 4.39 Å². The number of hydrogen-bond donors (Lipinski definition) is 2. The standard InChI is InChI=1S/C12H15ClFNO2/c1-12(2,7-15-11(17)6-16)9-4-3-8(14)5-10(9)13/h3-5,16H,6-7H2,1-2H3,(H,15,17). The van der Waals surface area contributed by atoms with Gasteiger partial charge in [-0.15, -0.1) is 0 Å². The van der Waals surface area contributed by atoms with Gasteiger partial charge in [-0.05, 0) is 17.7 Å². The van der Waals surface area contributed by atoms with E-state index in [9.17, 15) is 9.18 Å². The van der Waals surface area contributed by atoms with Crippen molar-refractivity contribution in [2.45, 2.75) is 19.3 Å². The molecule has 5 heteroatoms. The van der Waals surface area contributed by atoms with Crippen molar-refractivity contribution in [2.24, 2.45) is 0 Å². The third-order valence-corrected chi connectivity index (χ3v) is 2.84. The van der Waals surface area contributed by atoms with E-state index >= 15 is 0 Å². The predicted octanol–water partition coefficient (Wildman–Crippen LogP) is 1.87. The average Bonchev–Trinajstić information content (AvgIpc) is 2.25. The van der Waals surface area contributed by atoms with E-state index in [1.54, 1.807) is 6.07 Å². The summed E-state index contributed by atoms with van der Waals surface area (Å²) in [6.07, 6.45) is 0. The van der Waals surface area contributed by atoms with Crippen molar-refractivity contribution < 1.29 is 14.3 Å². The molecule has 0 spiro atoms. The highest BCUT2D eigenvalue weighted by molar-refractivity contribution is 6.31. The Kier molecular flexibility index (Phi) is 4.48. The first-order valence-electron chi connectivity index (χ1n) is 5.20. The average molecular weight is 260 g/mol. The molecule has 0 aliphatic carbocycles. The van der Waals surface area contributed by atoms with Gasteiger partial charge in [-0.3, -0.25) is 4.79 Å². The number of rotatable bonds is 4. The normalized spacial score (nSPS) is 11.4. The highest BCUT2D eigenvalue weighted by Crippen LogP contribution is 2.29. The van der Waals surface area contributed by atoms with Crippen molar-refractivity contribution in [3.8, 4) is 0 Å². The van der Waals surface area contributed by atoms with Crippen LogP contribution in [0.1, 0.15) is 19.4 Å². The Labute approximate surface area is 105 Å². The Bertz CT molecular complexity index is 421. The highest BCUT2D eigenvalue weighted by Gasteiger charge is 2.24. The lowest BCUT2D eigenvalue weighted by atomic mass is 9.84. The van der Waals surface area contributed by atoms with Crippen molar-refractivity contribution in [1.29, 1.82) is 0 Å².